The maximum atomic E-state index is 15.1. The van der Waals surface area contributed by atoms with Crippen LogP contribution in [0.15, 0.2) is 95.1 Å². The summed E-state index contributed by atoms with van der Waals surface area (Å²) in [5, 5.41) is 10.6. The maximum Gasteiger partial charge on any atom is 0.417 e. The number of aliphatic hydroxyl groups excluding tert-OH is 1. The summed E-state index contributed by atoms with van der Waals surface area (Å²) >= 11 is 12.5. The zero-order valence-corrected chi connectivity index (χ0v) is 29.0. The molecule has 4 amide bonds. The largest absolute Gasteiger partial charge is 0.463 e. The van der Waals surface area contributed by atoms with E-state index in [0.29, 0.717) is 33.4 Å². The monoisotopic (exact) mass is 764 g/mol. The average Bonchev–Trinajstić information content (AvgIpc) is 3.77. The van der Waals surface area contributed by atoms with E-state index in [1.807, 2.05) is 36.4 Å². The van der Waals surface area contributed by atoms with E-state index in [2.05, 4.69) is 10.4 Å². The van der Waals surface area contributed by atoms with E-state index in [1.54, 1.807) is 36.4 Å². The van der Waals surface area contributed by atoms with Crippen LogP contribution < -0.4 is 5.43 Å². The molecule has 4 heterocycles. The summed E-state index contributed by atoms with van der Waals surface area (Å²) in [5.74, 6) is -6.64. The van der Waals surface area contributed by atoms with Gasteiger partial charge in [-0.25, -0.2) is 4.98 Å². The number of amides is 4. The third-order valence-electron chi connectivity index (χ3n) is 11.0. The van der Waals surface area contributed by atoms with Crippen LogP contribution in [0, 0.1) is 23.7 Å². The zero-order chi connectivity index (χ0) is 37.4. The molecule has 2 saturated heterocycles. The predicted molar refractivity (Wildman–Crippen MR) is 184 cm³/mol. The van der Waals surface area contributed by atoms with Gasteiger partial charge in [0.1, 0.15) is 23.5 Å². The van der Waals surface area contributed by atoms with E-state index in [0.717, 1.165) is 5.56 Å². The Kier molecular flexibility index (Phi) is 8.51. The van der Waals surface area contributed by atoms with Crippen molar-refractivity contribution in [2.45, 2.75) is 43.5 Å². The molecule has 8 rings (SSSR count). The van der Waals surface area contributed by atoms with Crippen molar-refractivity contribution in [3.05, 3.63) is 129 Å². The number of allylic oxidation sites excluding steroid dienone is 2. The Balaban J connectivity index is 1.27. The molecule has 3 fully saturated rings. The Bertz CT molecular complexity index is 2190. The van der Waals surface area contributed by atoms with Crippen LogP contribution in [-0.4, -0.2) is 43.6 Å². The van der Waals surface area contributed by atoms with Gasteiger partial charge in [0.05, 0.1) is 40.8 Å². The summed E-state index contributed by atoms with van der Waals surface area (Å²) in [6, 6.07) is 19.3. The highest BCUT2D eigenvalue weighted by Gasteiger charge is 2.71. The number of likely N-dealkylation sites (tertiary alicyclic amines) is 1. The van der Waals surface area contributed by atoms with Crippen LogP contribution in [-0.2, 0) is 43.9 Å². The molecule has 2 aromatic heterocycles. The van der Waals surface area contributed by atoms with Crippen LogP contribution in [0.1, 0.15) is 47.0 Å². The molecule has 53 heavy (non-hydrogen) atoms. The van der Waals surface area contributed by atoms with Gasteiger partial charge in [-0.05, 0) is 60.2 Å². The van der Waals surface area contributed by atoms with Gasteiger partial charge in [0.15, 0.2) is 5.82 Å². The lowest BCUT2D eigenvalue weighted by Gasteiger charge is -2.49. The lowest BCUT2D eigenvalue weighted by molar-refractivity contribution is -0.142. The first-order valence-electron chi connectivity index (χ1n) is 16.8. The normalized spacial score (nSPS) is 26.8. The molecule has 10 nitrogen and oxygen atoms in total. The molecule has 0 radical (unpaired) electrons. The molecule has 0 bridgehead atoms. The van der Waals surface area contributed by atoms with Crippen LogP contribution in [0.3, 0.4) is 0 Å². The van der Waals surface area contributed by atoms with Crippen LogP contribution in [0.25, 0.3) is 0 Å². The molecule has 272 valence electrons. The van der Waals surface area contributed by atoms with Crippen molar-refractivity contribution < 1.29 is 41.9 Å². The Morgan fingerprint density at radius 2 is 1.68 bits per heavy atom. The molecule has 6 unspecified atom stereocenters. The van der Waals surface area contributed by atoms with Crippen LogP contribution in [0.4, 0.5) is 19.0 Å². The second kappa shape index (κ2) is 12.9. The second-order valence-corrected chi connectivity index (χ2v) is 14.5. The molecule has 15 heteroatoms. The average molecular weight is 766 g/mol. The first-order valence-corrected chi connectivity index (χ1v) is 17.5. The molecule has 2 aliphatic carbocycles. The third kappa shape index (κ3) is 5.47. The predicted octanol–water partition coefficient (Wildman–Crippen LogP) is 6.68. The van der Waals surface area contributed by atoms with Crippen molar-refractivity contribution in [3.8, 4) is 0 Å². The quantitative estimate of drug-likeness (QED) is 0.157. The van der Waals surface area contributed by atoms with Gasteiger partial charge in [0.25, 0.3) is 11.8 Å². The van der Waals surface area contributed by atoms with Gasteiger partial charge in [0.2, 0.25) is 11.8 Å². The Hall–Kier alpha value is -4.98. The number of benzene rings is 2. The molecule has 0 spiro atoms. The number of pyridine rings is 1. The highest BCUT2D eigenvalue weighted by molar-refractivity contribution is 6.33. The SMILES string of the molecule is O=C1C2CC=C3C(CC4C(=O)N(Nc5ncc(C(F)(F)F)cc5Cl)C(=O)C4(c4ccc(Cl)cc4)C3c3ccc(CO)o3)C2C(=O)N1Cc1ccccc1. The fourth-order valence-corrected chi connectivity index (χ4v) is 9.05. The van der Waals surface area contributed by atoms with Crippen LogP contribution >= 0.6 is 23.2 Å². The first kappa shape index (κ1) is 35.1. The number of anilines is 1. The summed E-state index contributed by atoms with van der Waals surface area (Å²) < 4.78 is 46.4. The number of rotatable bonds is 7. The number of aliphatic hydroxyl groups is 1. The van der Waals surface area contributed by atoms with Crippen molar-refractivity contribution in [3.63, 3.8) is 0 Å². The first-order chi connectivity index (χ1) is 25.3. The van der Waals surface area contributed by atoms with Crippen molar-refractivity contribution in [2.75, 3.05) is 5.43 Å². The molecule has 4 aliphatic rings. The standard InChI is InChI=1S/C38H29Cl2F3N4O6/c39-22-8-6-20(7-9-22)37-27(34(50)47(36(37)52)45-32-28(40)14-21(16-44-32)38(41,42)43)15-26-24(31(37)29-13-10-23(18-48)53-29)11-12-25-30(26)35(51)46(33(25)49)17-19-4-2-1-3-5-19/h1-11,13-14,16,25-27,30-31,48H,12,15,17-18H2,(H,44,45). The molecular weight excluding hydrogens is 736 g/mol. The number of carbonyl (C=O) groups is 4. The lowest BCUT2D eigenvalue weighted by Crippen LogP contribution is -2.53. The smallest absolute Gasteiger partial charge is 0.417 e. The summed E-state index contributed by atoms with van der Waals surface area (Å²) in [4.78, 5) is 63.0. The molecule has 2 aromatic carbocycles. The molecular formula is C38H29Cl2F3N4O6. The maximum absolute atomic E-state index is 15.1. The molecule has 4 aromatic rings. The number of hydrazine groups is 1. The fraction of sp³-hybridized carbons (Fsp3) is 0.289. The van der Waals surface area contributed by atoms with Gasteiger partial charge >= 0.3 is 6.18 Å². The van der Waals surface area contributed by atoms with Gasteiger partial charge in [0, 0.05) is 11.2 Å². The van der Waals surface area contributed by atoms with Gasteiger partial charge < -0.3 is 9.52 Å². The van der Waals surface area contributed by atoms with E-state index in [4.69, 9.17) is 27.6 Å². The molecule has 2 aliphatic heterocycles. The third-order valence-corrected chi connectivity index (χ3v) is 11.5. The number of furan rings is 1. The molecule has 6 atom stereocenters. The number of hydrogen-bond donors (Lipinski definition) is 2. The van der Waals surface area contributed by atoms with E-state index in [1.165, 1.54) is 4.90 Å². The highest BCUT2D eigenvalue weighted by Crippen LogP contribution is 2.64. The lowest BCUT2D eigenvalue weighted by atomic mass is 9.50. The summed E-state index contributed by atoms with van der Waals surface area (Å²) in [6.45, 7) is -0.388. The van der Waals surface area contributed by atoms with E-state index < -0.39 is 70.2 Å². The number of aromatic nitrogens is 1. The van der Waals surface area contributed by atoms with Gasteiger partial charge in [-0.2, -0.15) is 18.2 Å². The van der Waals surface area contributed by atoms with E-state index >= 15 is 4.79 Å². The number of nitrogens with zero attached hydrogens (tertiary/aromatic N) is 3. The van der Waals surface area contributed by atoms with Gasteiger partial charge in [-0.15, -0.1) is 0 Å². The summed E-state index contributed by atoms with van der Waals surface area (Å²) in [5.41, 5.74) is 1.49. The molecule has 2 N–H and O–H groups in total. The Morgan fingerprint density at radius 3 is 2.34 bits per heavy atom. The second-order valence-electron chi connectivity index (χ2n) is 13.6. The number of hydrogen-bond acceptors (Lipinski definition) is 8. The Morgan fingerprint density at radius 1 is 0.943 bits per heavy atom. The number of imide groups is 2. The van der Waals surface area contributed by atoms with Gasteiger partial charge in [-0.1, -0.05) is 77.3 Å². The minimum absolute atomic E-state index is 0.0329. The fourth-order valence-electron chi connectivity index (χ4n) is 8.71. The van der Waals surface area contributed by atoms with Crippen LogP contribution in [0.2, 0.25) is 10.0 Å². The number of fused-ring (bicyclic) bond motifs is 4. The number of carbonyl (C=O) groups excluding carboxylic acids is 4. The minimum atomic E-state index is -4.75. The number of nitrogens with one attached hydrogen (secondary N) is 1. The Labute approximate surface area is 310 Å². The topological polar surface area (TPSA) is 133 Å². The number of halogens is 5. The van der Waals surface area contributed by atoms with E-state index in [9.17, 15) is 32.7 Å². The summed E-state index contributed by atoms with van der Waals surface area (Å²) in [7, 11) is 0. The highest BCUT2D eigenvalue weighted by atomic mass is 35.5. The van der Waals surface area contributed by atoms with E-state index in [-0.39, 0.29) is 48.5 Å². The molecule has 1 saturated carbocycles. The zero-order valence-electron chi connectivity index (χ0n) is 27.5. The van der Waals surface area contributed by atoms with Gasteiger partial charge in [-0.3, -0.25) is 29.5 Å². The van der Waals surface area contributed by atoms with Crippen molar-refractivity contribution in [1.29, 1.82) is 0 Å². The van der Waals surface area contributed by atoms with Crippen molar-refractivity contribution in [1.82, 2.24) is 14.9 Å². The van der Waals surface area contributed by atoms with Crippen molar-refractivity contribution in [2.24, 2.45) is 23.7 Å². The minimum Gasteiger partial charge on any atom is -0.463 e. The van der Waals surface area contributed by atoms with Crippen LogP contribution in [0.5, 0.6) is 0 Å². The summed E-state index contributed by atoms with van der Waals surface area (Å²) in [6.07, 6.45) is -2.21. The van der Waals surface area contributed by atoms with Crippen molar-refractivity contribution >= 4 is 52.6 Å². The number of alkyl halides is 3.